The van der Waals surface area contributed by atoms with Gasteiger partial charge >= 0.3 is 5.97 Å². The van der Waals surface area contributed by atoms with Crippen LogP contribution in [0.1, 0.15) is 21.6 Å². The van der Waals surface area contributed by atoms with Crippen LogP contribution in [0.15, 0.2) is 30.3 Å². The third kappa shape index (κ3) is 5.06. The molecule has 0 saturated carbocycles. The summed E-state index contributed by atoms with van der Waals surface area (Å²) in [7, 11) is 1.45. The van der Waals surface area contributed by atoms with Crippen LogP contribution in [0.25, 0.3) is 0 Å². The first-order chi connectivity index (χ1) is 12.4. The first-order valence-electron chi connectivity index (χ1n) is 7.83. The topological polar surface area (TPSA) is 102 Å². The first kappa shape index (κ1) is 19.5. The number of aromatic nitrogens is 2. The van der Waals surface area contributed by atoms with Crippen molar-refractivity contribution in [2.75, 3.05) is 20.2 Å². The molecule has 0 atom stereocenters. The predicted octanol–water partition coefficient (Wildman–Crippen LogP) is 0.912. The second-order valence-corrected chi connectivity index (χ2v) is 5.78. The fourth-order valence-corrected chi connectivity index (χ4v) is 2.48. The van der Waals surface area contributed by atoms with E-state index in [9.17, 15) is 14.4 Å². The van der Waals surface area contributed by atoms with E-state index in [4.69, 9.17) is 16.3 Å². The molecular formula is C17H19ClN4O4. The van der Waals surface area contributed by atoms with E-state index in [2.05, 4.69) is 15.7 Å². The summed E-state index contributed by atoms with van der Waals surface area (Å²) < 4.78 is 6.46. The van der Waals surface area contributed by atoms with Crippen molar-refractivity contribution in [1.29, 1.82) is 0 Å². The number of amides is 2. The van der Waals surface area contributed by atoms with Crippen LogP contribution in [0.5, 0.6) is 0 Å². The Morgan fingerprint density at radius 2 is 1.88 bits per heavy atom. The van der Waals surface area contributed by atoms with Crippen LogP contribution in [0.4, 0.5) is 0 Å². The van der Waals surface area contributed by atoms with E-state index < -0.39 is 18.5 Å². The van der Waals surface area contributed by atoms with Gasteiger partial charge in [0, 0.05) is 7.05 Å². The normalized spacial score (nSPS) is 10.3. The monoisotopic (exact) mass is 378 g/mol. The van der Waals surface area contributed by atoms with Gasteiger partial charge in [-0.05, 0) is 12.5 Å². The highest BCUT2D eigenvalue weighted by Crippen LogP contribution is 2.21. The largest absolute Gasteiger partial charge is 0.452 e. The molecule has 0 aliphatic rings. The van der Waals surface area contributed by atoms with Gasteiger partial charge in [-0.25, -0.2) is 9.48 Å². The van der Waals surface area contributed by atoms with Crippen molar-refractivity contribution in [2.24, 2.45) is 0 Å². The minimum atomic E-state index is -0.748. The maximum atomic E-state index is 12.2. The minimum Gasteiger partial charge on any atom is -0.452 e. The van der Waals surface area contributed by atoms with Crippen LogP contribution < -0.4 is 10.6 Å². The maximum Gasteiger partial charge on any atom is 0.343 e. The van der Waals surface area contributed by atoms with Crippen LogP contribution in [-0.2, 0) is 20.9 Å². The average molecular weight is 379 g/mol. The molecule has 2 aromatic rings. The van der Waals surface area contributed by atoms with Crippen molar-refractivity contribution >= 4 is 29.4 Å². The molecule has 0 unspecified atom stereocenters. The second-order valence-electron chi connectivity index (χ2n) is 5.42. The van der Waals surface area contributed by atoms with Crippen LogP contribution in [0.3, 0.4) is 0 Å². The highest BCUT2D eigenvalue weighted by molar-refractivity contribution is 6.32. The molecule has 26 heavy (non-hydrogen) atoms. The Balaban J connectivity index is 1.98. The lowest BCUT2D eigenvalue weighted by atomic mass is 10.2. The number of carbonyl (C=O) groups is 3. The third-order valence-electron chi connectivity index (χ3n) is 3.50. The molecule has 0 fully saturated rings. The van der Waals surface area contributed by atoms with Gasteiger partial charge in [0.15, 0.2) is 6.61 Å². The predicted molar refractivity (Wildman–Crippen MR) is 94.9 cm³/mol. The molecule has 1 aromatic heterocycles. The summed E-state index contributed by atoms with van der Waals surface area (Å²) in [5.41, 5.74) is 1.49. The maximum absolute atomic E-state index is 12.2. The number of esters is 1. The number of hydrogen-bond donors (Lipinski definition) is 2. The number of carbonyl (C=O) groups excluding carboxylic acids is 3. The van der Waals surface area contributed by atoms with E-state index in [0.717, 1.165) is 5.56 Å². The van der Waals surface area contributed by atoms with Crippen molar-refractivity contribution in [3.63, 3.8) is 0 Å². The van der Waals surface area contributed by atoms with E-state index in [1.54, 1.807) is 6.92 Å². The number of hydrogen-bond acceptors (Lipinski definition) is 5. The zero-order valence-corrected chi connectivity index (χ0v) is 15.2. The van der Waals surface area contributed by atoms with Gasteiger partial charge in [-0.2, -0.15) is 5.10 Å². The molecule has 2 N–H and O–H groups in total. The van der Waals surface area contributed by atoms with Crippen LogP contribution in [-0.4, -0.2) is 47.8 Å². The Morgan fingerprint density at radius 3 is 2.54 bits per heavy atom. The molecule has 0 aliphatic carbocycles. The summed E-state index contributed by atoms with van der Waals surface area (Å²) >= 11 is 6.26. The smallest absolute Gasteiger partial charge is 0.343 e. The summed E-state index contributed by atoms with van der Waals surface area (Å²) in [5, 5.41) is 9.08. The van der Waals surface area contributed by atoms with Gasteiger partial charge in [0.1, 0.15) is 10.7 Å². The molecule has 2 amide bonds. The zero-order chi connectivity index (χ0) is 19.1. The molecule has 1 heterocycles. The second kappa shape index (κ2) is 9.00. The average Bonchev–Trinajstić information content (AvgIpc) is 2.91. The number of rotatable bonds is 7. The van der Waals surface area contributed by atoms with E-state index in [1.165, 1.54) is 11.7 Å². The lowest BCUT2D eigenvalue weighted by molar-refractivity contribution is -0.127. The molecule has 1 aromatic carbocycles. The highest BCUT2D eigenvalue weighted by Gasteiger charge is 2.22. The van der Waals surface area contributed by atoms with Gasteiger partial charge in [0.05, 0.1) is 18.8 Å². The quantitative estimate of drug-likeness (QED) is 0.697. The molecule has 0 saturated heterocycles. The SMILES string of the molecule is CNC(=O)CNC(=O)COC(=O)c1c(C)nn(Cc2ccccc2)c1Cl. The molecule has 138 valence electrons. The van der Waals surface area contributed by atoms with Crippen molar-refractivity contribution in [1.82, 2.24) is 20.4 Å². The van der Waals surface area contributed by atoms with Crippen molar-refractivity contribution in [3.8, 4) is 0 Å². The lowest BCUT2D eigenvalue weighted by Gasteiger charge is -2.06. The summed E-state index contributed by atoms with van der Waals surface area (Å²) in [4.78, 5) is 34.9. The fourth-order valence-electron chi connectivity index (χ4n) is 2.17. The molecule has 2 rings (SSSR count). The molecule has 0 spiro atoms. The van der Waals surface area contributed by atoms with Crippen molar-refractivity contribution in [2.45, 2.75) is 13.5 Å². The summed E-state index contributed by atoms with van der Waals surface area (Å²) in [6.07, 6.45) is 0. The molecule has 9 heteroatoms. The van der Waals surface area contributed by atoms with Gasteiger partial charge in [-0.1, -0.05) is 41.9 Å². The van der Waals surface area contributed by atoms with Crippen LogP contribution >= 0.6 is 11.6 Å². The Hall–Kier alpha value is -2.87. The molecule has 0 aliphatic heterocycles. The molecular weight excluding hydrogens is 360 g/mol. The lowest BCUT2D eigenvalue weighted by Crippen LogP contribution is -2.37. The third-order valence-corrected chi connectivity index (χ3v) is 3.89. The Morgan fingerprint density at radius 1 is 1.19 bits per heavy atom. The Bertz CT molecular complexity index is 805. The summed E-state index contributed by atoms with van der Waals surface area (Å²) in [6, 6.07) is 9.53. The zero-order valence-electron chi connectivity index (χ0n) is 14.4. The van der Waals surface area contributed by atoms with Gasteiger partial charge in [0.25, 0.3) is 5.91 Å². The van der Waals surface area contributed by atoms with E-state index in [1.807, 2.05) is 30.3 Å². The molecule has 0 radical (unpaired) electrons. The molecule has 0 bridgehead atoms. The molecule has 8 nitrogen and oxygen atoms in total. The standard InChI is InChI=1S/C17H19ClN4O4/c1-11-15(17(25)26-10-14(24)20-8-13(23)19-2)16(18)22(21-11)9-12-6-4-3-5-7-12/h3-7H,8-10H2,1-2H3,(H,19,23)(H,20,24). The van der Waals surface area contributed by atoms with Crippen LogP contribution in [0, 0.1) is 6.92 Å². The Kier molecular flexibility index (Phi) is 6.74. The Labute approximate surface area is 155 Å². The number of nitrogens with zero attached hydrogens (tertiary/aromatic N) is 2. The van der Waals surface area contributed by atoms with Gasteiger partial charge in [0.2, 0.25) is 5.91 Å². The number of aryl methyl sites for hydroxylation is 1. The van der Waals surface area contributed by atoms with Crippen molar-refractivity contribution < 1.29 is 19.1 Å². The summed E-state index contributed by atoms with van der Waals surface area (Å²) in [6.45, 7) is 1.33. The van der Waals surface area contributed by atoms with E-state index in [0.29, 0.717) is 12.2 Å². The van der Waals surface area contributed by atoms with Gasteiger partial charge in [-0.15, -0.1) is 0 Å². The van der Waals surface area contributed by atoms with E-state index >= 15 is 0 Å². The number of nitrogens with one attached hydrogen (secondary N) is 2. The van der Waals surface area contributed by atoms with Crippen LogP contribution in [0.2, 0.25) is 5.15 Å². The number of likely N-dealkylation sites (N-methyl/N-ethyl adjacent to an activating group) is 1. The van der Waals surface area contributed by atoms with Gasteiger partial charge < -0.3 is 15.4 Å². The summed E-state index contributed by atoms with van der Waals surface area (Å²) in [5.74, 6) is -1.69. The minimum absolute atomic E-state index is 0.113. The van der Waals surface area contributed by atoms with Gasteiger partial charge in [-0.3, -0.25) is 9.59 Å². The van der Waals surface area contributed by atoms with Crippen molar-refractivity contribution in [3.05, 3.63) is 52.3 Å². The van der Waals surface area contributed by atoms with E-state index in [-0.39, 0.29) is 23.2 Å². The first-order valence-corrected chi connectivity index (χ1v) is 8.21. The highest BCUT2D eigenvalue weighted by atomic mass is 35.5. The number of benzene rings is 1. The fraction of sp³-hybridized carbons (Fsp3) is 0.294. The number of halogens is 1. The number of ether oxygens (including phenoxy) is 1.